The summed E-state index contributed by atoms with van der Waals surface area (Å²) in [5, 5.41) is 7.06. The molecule has 0 aromatic heterocycles. The Morgan fingerprint density at radius 2 is 2.00 bits per heavy atom. The number of rotatable bonds is 5. The maximum atomic E-state index is 3.66. The quantitative estimate of drug-likeness (QED) is 0.832. The van der Waals surface area contributed by atoms with E-state index in [0.29, 0.717) is 5.41 Å². The normalized spacial score (nSPS) is 20.2. The molecule has 1 aromatic rings. The lowest BCUT2D eigenvalue weighted by atomic mass is 9.92. The molecule has 0 atom stereocenters. The topological polar surface area (TPSA) is 24.1 Å². The smallest absolute Gasteiger partial charge is 0.0212 e. The van der Waals surface area contributed by atoms with Gasteiger partial charge in [0.05, 0.1) is 0 Å². The van der Waals surface area contributed by atoms with E-state index in [9.17, 15) is 0 Å². The van der Waals surface area contributed by atoms with E-state index in [1.54, 1.807) is 0 Å². The van der Waals surface area contributed by atoms with Crippen molar-refractivity contribution in [3.63, 3.8) is 0 Å². The Bertz CT molecular complexity index is 433. The highest BCUT2D eigenvalue weighted by Gasteiger charge is 2.44. The largest absolute Gasteiger partial charge is 0.312 e. The standard InChI is InChI=1S/C16H24N2/c1-12(2)16(5-6-16)11-18-8-13-3-4-14-9-17-10-15(14)7-13/h3-4,7,12,17-18H,5-6,8-11H2,1-2H3. The third-order valence-electron chi connectivity index (χ3n) is 4.82. The predicted octanol–water partition coefficient (Wildman–Crippen LogP) is 2.82. The third-order valence-corrected chi connectivity index (χ3v) is 4.82. The lowest BCUT2D eigenvalue weighted by Crippen LogP contribution is -2.27. The molecule has 2 nitrogen and oxygen atoms in total. The van der Waals surface area contributed by atoms with Gasteiger partial charge in [0.2, 0.25) is 0 Å². The van der Waals surface area contributed by atoms with E-state index < -0.39 is 0 Å². The van der Waals surface area contributed by atoms with E-state index >= 15 is 0 Å². The van der Waals surface area contributed by atoms with Crippen LogP contribution in [-0.2, 0) is 19.6 Å². The fourth-order valence-corrected chi connectivity index (χ4v) is 3.03. The highest BCUT2D eigenvalue weighted by Crippen LogP contribution is 2.51. The van der Waals surface area contributed by atoms with Crippen LogP contribution in [0, 0.1) is 11.3 Å². The predicted molar refractivity (Wildman–Crippen MR) is 75.2 cm³/mol. The summed E-state index contributed by atoms with van der Waals surface area (Å²) in [6, 6.07) is 6.91. The van der Waals surface area contributed by atoms with E-state index in [0.717, 1.165) is 25.6 Å². The van der Waals surface area contributed by atoms with Gasteiger partial charge >= 0.3 is 0 Å². The van der Waals surface area contributed by atoms with E-state index in [-0.39, 0.29) is 0 Å². The zero-order valence-corrected chi connectivity index (χ0v) is 11.6. The van der Waals surface area contributed by atoms with Crippen LogP contribution in [0.5, 0.6) is 0 Å². The van der Waals surface area contributed by atoms with Crippen molar-refractivity contribution >= 4 is 0 Å². The van der Waals surface area contributed by atoms with Gasteiger partial charge in [0.15, 0.2) is 0 Å². The zero-order valence-electron chi connectivity index (χ0n) is 11.6. The molecule has 1 saturated carbocycles. The minimum Gasteiger partial charge on any atom is -0.312 e. The van der Waals surface area contributed by atoms with Crippen molar-refractivity contribution < 1.29 is 0 Å². The summed E-state index contributed by atoms with van der Waals surface area (Å²) in [6.07, 6.45) is 2.82. The second kappa shape index (κ2) is 4.67. The molecule has 1 heterocycles. The van der Waals surface area contributed by atoms with E-state index in [1.165, 1.54) is 36.1 Å². The number of hydrogen-bond acceptors (Lipinski definition) is 2. The average molecular weight is 244 g/mol. The van der Waals surface area contributed by atoms with Gasteiger partial charge in [0, 0.05) is 26.2 Å². The monoisotopic (exact) mass is 244 g/mol. The lowest BCUT2D eigenvalue weighted by Gasteiger charge is -2.20. The van der Waals surface area contributed by atoms with Crippen LogP contribution in [0.15, 0.2) is 18.2 Å². The molecule has 3 rings (SSSR count). The lowest BCUT2D eigenvalue weighted by molar-refractivity contribution is 0.338. The Morgan fingerprint density at radius 3 is 2.72 bits per heavy atom. The van der Waals surface area contributed by atoms with Crippen LogP contribution in [0.2, 0.25) is 0 Å². The molecule has 2 N–H and O–H groups in total. The van der Waals surface area contributed by atoms with Gasteiger partial charge in [0.1, 0.15) is 0 Å². The number of nitrogens with one attached hydrogen (secondary N) is 2. The maximum absolute atomic E-state index is 3.66. The van der Waals surface area contributed by atoms with Crippen molar-refractivity contribution in [3.05, 3.63) is 34.9 Å². The Balaban J connectivity index is 1.54. The minimum atomic E-state index is 0.609. The van der Waals surface area contributed by atoms with Crippen LogP contribution in [0.3, 0.4) is 0 Å². The van der Waals surface area contributed by atoms with Gasteiger partial charge in [0.25, 0.3) is 0 Å². The Labute approximate surface area is 110 Å². The number of hydrogen-bond donors (Lipinski definition) is 2. The van der Waals surface area contributed by atoms with Gasteiger partial charge in [-0.3, -0.25) is 0 Å². The molecule has 98 valence electrons. The molecule has 1 aliphatic carbocycles. The minimum absolute atomic E-state index is 0.609. The summed E-state index contributed by atoms with van der Waals surface area (Å²) < 4.78 is 0. The highest BCUT2D eigenvalue weighted by molar-refractivity contribution is 5.34. The van der Waals surface area contributed by atoms with Crippen molar-refractivity contribution in [3.8, 4) is 0 Å². The van der Waals surface area contributed by atoms with Gasteiger partial charge < -0.3 is 10.6 Å². The van der Waals surface area contributed by atoms with Crippen LogP contribution in [0.25, 0.3) is 0 Å². The summed E-state index contributed by atoms with van der Waals surface area (Å²) in [7, 11) is 0. The second-order valence-corrected chi connectivity index (χ2v) is 6.33. The van der Waals surface area contributed by atoms with Crippen molar-refractivity contribution in [1.29, 1.82) is 0 Å². The maximum Gasteiger partial charge on any atom is 0.0212 e. The zero-order chi connectivity index (χ0) is 12.6. The van der Waals surface area contributed by atoms with E-state index in [4.69, 9.17) is 0 Å². The summed E-state index contributed by atoms with van der Waals surface area (Å²) in [4.78, 5) is 0. The molecular weight excluding hydrogens is 220 g/mol. The van der Waals surface area contributed by atoms with E-state index in [2.05, 4.69) is 42.7 Å². The van der Waals surface area contributed by atoms with Crippen molar-refractivity contribution in [1.82, 2.24) is 10.6 Å². The van der Waals surface area contributed by atoms with Crippen LogP contribution in [0.4, 0.5) is 0 Å². The summed E-state index contributed by atoms with van der Waals surface area (Å²) in [5.41, 5.74) is 4.99. The molecule has 0 radical (unpaired) electrons. The Hall–Kier alpha value is -0.860. The van der Waals surface area contributed by atoms with Crippen molar-refractivity contribution in [2.75, 3.05) is 6.54 Å². The van der Waals surface area contributed by atoms with Crippen LogP contribution < -0.4 is 10.6 Å². The van der Waals surface area contributed by atoms with Crippen LogP contribution in [0.1, 0.15) is 43.4 Å². The fourth-order valence-electron chi connectivity index (χ4n) is 3.03. The molecule has 0 saturated heterocycles. The van der Waals surface area contributed by atoms with Gasteiger partial charge in [-0.1, -0.05) is 32.0 Å². The van der Waals surface area contributed by atoms with E-state index in [1.807, 2.05) is 0 Å². The molecule has 0 bridgehead atoms. The fraction of sp³-hybridized carbons (Fsp3) is 0.625. The molecule has 0 unspecified atom stereocenters. The first-order valence-corrected chi connectivity index (χ1v) is 7.22. The Kier molecular flexibility index (Phi) is 3.16. The number of fused-ring (bicyclic) bond motifs is 1. The van der Waals surface area contributed by atoms with Crippen LogP contribution >= 0.6 is 0 Å². The third kappa shape index (κ3) is 2.32. The molecular formula is C16H24N2. The van der Waals surface area contributed by atoms with Crippen LogP contribution in [-0.4, -0.2) is 6.54 Å². The van der Waals surface area contributed by atoms with Gasteiger partial charge in [-0.05, 0) is 40.9 Å². The van der Waals surface area contributed by atoms with Gasteiger partial charge in [-0.2, -0.15) is 0 Å². The molecule has 1 aliphatic heterocycles. The average Bonchev–Trinajstić information content (AvgIpc) is 3.00. The summed E-state index contributed by atoms with van der Waals surface area (Å²) in [6.45, 7) is 8.99. The molecule has 2 aliphatic rings. The van der Waals surface area contributed by atoms with Crippen molar-refractivity contribution in [2.24, 2.45) is 11.3 Å². The molecule has 0 amide bonds. The highest BCUT2D eigenvalue weighted by atomic mass is 14.9. The first-order valence-electron chi connectivity index (χ1n) is 7.22. The SMILES string of the molecule is CC(C)C1(CNCc2ccc3c(c2)CNC3)CC1. The number of benzene rings is 1. The van der Waals surface area contributed by atoms with Gasteiger partial charge in [-0.25, -0.2) is 0 Å². The summed E-state index contributed by atoms with van der Waals surface area (Å²) >= 11 is 0. The molecule has 1 fully saturated rings. The second-order valence-electron chi connectivity index (χ2n) is 6.33. The summed E-state index contributed by atoms with van der Waals surface area (Å²) in [5.74, 6) is 0.814. The molecule has 18 heavy (non-hydrogen) atoms. The molecule has 1 aromatic carbocycles. The molecule has 0 spiro atoms. The van der Waals surface area contributed by atoms with Gasteiger partial charge in [-0.15, -0.1) is 0 Å². The van der Waals surface area contributed by atoms with Crippen molar-refractivity contribution in [2.45, 2.75) is 46.3 Å². The first kappa shape index (κ1) is 12.2. The molecule has 2 heteroatoms. The Morgan fingerprint density at radius 1 is 1.22 bits per heavy atom. The first-order chi connectivity index (χ1) is 8.70.